The maximum absolute atomic E-state index is 12.6. The van der Waals surface area contributed by atoms with Crippen molar-refractivity contribution in [2.75, 3.05) is 25.0 Å². The summed E-state index contributed by atoms with van der Waals surface area (Å²) in [6, 6.07) is 7.22. The zero-order chi connectivity index (χ0) is 26.4. The van der Waals surface area contributed by atoms with Gasteiger partial charge >= 0.3 is 5.97 Å². The number of phenolic OH excluding ortho intramolecular Hbond substituents is 2. The second-order valence-electron chi connectivity index (χ2n) is 8.16. The van der Waals surface area contributed by atoms with Crippen molar-refractivity contribution in [3.63, 3.8) is 0 Å². The van der Waals surface area contributed by atoms with Gasteiger partial charge in [0.05, 0.1) is 30.1 Å². The Morgan fingerprint density at radius 1 is 1.11 bits per heavy atom. The number of guanidine groups is 1. The van der Waals surface area contributed by atoms with E-state index in [1.165, 1.54) is 18.2 Å². The Morgan fingerprint density at radius 3 is 2.53 bits per heavy atom. The first kappa shape index (κ1) is 27.4. The number of rotatable bonds is 9. The molecule has 1 heterocycles. The number of carbonyl (C=O) groups excluding carboxylic acids is 2. The number of β-amino-alcohol motifs (C(OH)–C–C–N with tert-alkyl or cyclic N) is 1. The quantitative estimate of drug-likeness (QED) is 0.219. The first-order chi connectivity index (χ1) is 17.0. The molecular weight excluding hydrogens is 604 g/mol. The van der Waals surface area contributed by atoms with E-state index in [0.717, 1.165) is 0 Å². The SMILES string of the molecule is O=C(O)CC(CC(=O)CNC(=O)c1cc(O)cc(NC2=NCC(O)CN2)c1)c1cc(Br)cc(Br)c1O. The molecular formula is C23H24Br2N4O7. The molecule has 0 spiro atoms. The molecule has 2 aromatic rings. The predicted octanol–water partition coefficient (Wildman–Crippen LogP) is 2.30. The van der Waals surface area contributed by atoms with Crippen molar-refractivity contribution >= 4 is 61.2 Å². The average Bonchev–Trinajstić information content (AvgIpc) is 2.80. The molecule has 2 aromatic carbocycles. The van der Waals surface area contributed by atoms with Crippen LogP contribution < -0.4 is 16.0 Å². The number of halogens is 2. The predicted molar refractivity (Wildman–Crippen MR) is 138 cm³/mol. The van der Waals surface area contributed by atoms with Crippen LogP contribution >= 0.6 is 31.9 Å². The summed E-state index contributed by atoms with van der Waals surface area (Å²) >= 11 is 6.49. The number of phenols is 2. The lowest BCUT2D eigenvalue weighted by atomic mass is 9.90. The van der Waals surface area contributed by atoms with Crippen LogP contribution in [-0.2, 0) is 9.59 Å². The van der Waals surface area contributed by atoms with Crippen molar-refractivity contribution in [2.45, 2.75) is 24.9 Å². The molecule has 0 aromatic heterocycles. The van der Waals surface area contributed by atoms with Crippen LogP contribution in [0.4, 0.5) is 5.69 Å². The molecule has 3 rings (SSSR count). The van der Waals surface area contributed by atoms with Gasteiger partial charge in [0.1, 0.15) is 11.5 Å². The number of carboxylic acid groups (broad SMARTS) is 1. The van der Waals surface area contributed by atoms with Crippen LogP contribution in [0.5, 0.6) is 11.5 Å². The van der Waals surface area contributed by atoms with Crippen molar-refractivity contribution in [3.8, 4) is 11.5 Å². The van der Waals surface area contributed by atoms with E-state index in [2.05, 4.69) is 52.8 Å². The Bertz CT molecular complexity index is 1210. The molecule has 0 saturated heterocycles. The highest BCUT2D eigenvalue weighted by Gasteiger charge is 2.24. The highest BCUT2D eigenvalue weighted by atomic mass is 79.9. The number of aliphatic carboxylic acids is 1. The number of nitrogens with one attached hydrogen (secondary N) is 3. The van der Waals surface area contributed by atoms with Gasteiger partial charge in [-0.15, -0.1) is 0 Å². The number of aliphatic hydroxyl groups excluding tert-OH is 1. The van der Waals surface area contributed by atoms with Gasteiger partial charge in [0, 0.05) is 46.2 Å². The number of Topliss-reactive ketones (excluding diaryl/α,β-unsaturated/α-hetero) is 1. The highest BCUT2D eigenvalue weighted by Crippen LogP contribution is 2.38. The van der Waals surface area contributed by atoms with Gasteiger partial charge in [-0.1, -0.05) is 15.9 Å². The minimum atomic E-state index is -1.14. The molecule has 0 fully saturated rings. The number of ketones is 1. The number of amides is 1. The van der Waals surface area contributed by atoms with E-state index in [0.29, 0.717) is 27.1 Å². The van der Waals surface area contributed by atoms with Crippen LogP contribution in [0, 0.1) is 0 Å². The fourth-order valence-electron chi connectivity index (χ4n) is 3.59. The van der Waals surface area contributed by atoms with Crippen molar-refractivity contribution in [1.82, 2.24) is 10.6 Å². The molecule has 36 heavy (non-hydrogen) atoms. The molecule has 0 bridgehead atoms. The minimum Gasteiger partial charge on any atom is -0.508 e. The number of aliphatic imine (C=N–C) groups is 1. The van der Waals surface area contributed by atoms with E-state index in [1.54, 1.807) is 12.1 Å². The van der Waals surface area contributed by atoms with Crippen molar-refractivity contribution in [1.29, 1.82) is 0 Å². The van der Waals surface area contributed by atoms with E-state index < -0.39 is 36.1 Å². The summed E-state index contributed by atoms with van der Waals surface area (Å²) in [5.41, 5.74) is 0.734. The smallest absolute Gasteiger partial charge is 0.303 e. The zero-order valence-electron chi connectivity index (χ0n) is 18.8. The summed E-state index contributed by atoms with van der Waals surface area (Å²) in [7, 11) is 0. The molecule has 7 N–H and O–H groups in total. The van der Waals surface area contributed by atoms with Gasteiger partial charge < -0.3 is 36.4 Å². The zero-order valence-corrected chi connectivity index (χ0v) is 22.0. The molecule has 13 heteroatoms. The maximum atomic E-state index is 12.6. The topological polar surface area (TPSA) is 181 Å². The minimum absolute atomic E-state index is 0.0809. The molecule has 0 radical (unpaired) electrons. The van der Waals surface area contributed by atoms with Gasteiger partial charge in [0.15, 0.2) is 11.7 Å². The Morgan fingerprint density at radius 2 is 1.86 bits per heavy atom. The van der Waals surface area contributed by atoms with Crippen molar-refractivity contribution < 1.29 is 34.8 Å². The number of carboxylic acids is 1. The summed E-state index contributed by atoms with van der Waals surface area (Å²) in [6.45, 7) is 0.133. The molecule has 1 aliphatic rings. The second kappa shape index (κ2) is 12.2. The summed E-state index contributed by atoms with van der Waals surface area (Å²) < 4.78 is 0.944. The van der Waals surface area contributed by atoms with Crippen LogP contribution in [0.2, 0.25) is 0 Å². The van der Waals surface area contributed by atoms with Gasteiger partial charge in [-0.25, -0.2) is 0 Å². The van der Waals surface area contributed by atoms with Crippen LogP contribution in [0.25, 0.3) is 0 Å². The normalized spacial score (nSPS) is 15.9. The number of carbonyl (C=O) groups is 3. The molecule has 2 unspecified atom stereocenters. The van der Waals surface area contributed by atoms with Crippen LogP contribution in [-0.4, -0.2) is 69.8 Å². The molecule has 1 aliphatic heterocycles. The van der Waals surface area contributed by atoms with Crippen LogP contribution in [0.1, 0.15) is 34.7 Å². The number of hydrogen-bond donors (Lipinski definition) is 7. The Hall–Kier alpha value is -3.16. The number of aliphatic hydroxyl groups is 1. The summed E-state index contributed by atoms with van der Waals surface area (Å²) in [6.07, 6.45) is -1.22. The second-order valence-corrected chi connectivity index (χ2v) is 9.93. The van der Waals surface area contributed by atoms with Crippen LogP contribution in [0.3, 0.4) is 0 Å². The summed E-state index contributed by atoms with van der Waals surface area (Å²) in [5.74, 6) is -3.00. The van der Waals surface area contributed by atoms with Gasteiger partial charge in [0.2, 0.25) is 0 Å². The number of benzene rings is 2. The number of hydrogen-bond acceptors (Lipinski definition) is 9. The Balaban J connectivity index is 1.66. The van der Waals surface area contributed by atoms with Crippen LogP contribution in [0.15, 0.2) is 44.3 Å². The largest absolute Gasteiger partial charge is 0.508 e. The molecule has 192 valence electrons. The maximum Gasteiger partial charge on any atom is 0.303 e. The van der Waals surface area contributed by atoms with E-state index in [9.17, 15) is 34.8 Å². The first-order valence-corrected chi connectivity index (χ1v) is 12.4. The Labute approximate surface area is 222 Å². The summed E-state index contributed by atoms with van der Waals surface area (Å²) in [5, 5.41) is 47.4. The van der Waals surface area contributed by atoms with Crippen molar-refractivity contribution in [2.24, 2.45) is 4.99 Å². The standard InChI is InChI=1S/C23H24Br2N4O7/c24-13-5-18(21(35)19(25)6-13)11(4-20(33)34)2-16(31)8-26-22(36)12-1-14(7-15(30)3-12)29-23-27-9-17(32)10-28-23/h1,3,5-7,11,17,30,32,35H,2,4,8-10H2,(H,26,36)(H,33,34)(H2,27,28,29). The fraction of sp³-hybridized carbons (Fsp3) is 0.304. The molecule has 2 atom stereocenters. The average molecular weight is 628 g/mol. The van der Waals surface area contributed by atoms with Gasteiger partial charge in [-0.3, -0.25) is 19.4 Å². The lowest BCUT2D eigenvalue weighted by Gasteiger charge is -2.20. The fourth-order valence-corrected chi connectivity index (χ4v) is 4.85. The highest BCUT2D eigenvalue weighted by molar-refractivity contribution is 9.11. The molecule has 0 saturated carbocycles. The lowest BCUT2D eigenvalue weighted by Crippen LogP contribution is -2.42. The van der Waals surface area contributed by atoms with Gasteiger partial charge in [-0.2, -0.15) is 0 Å². The molecule has 1 amide bonds. The van der Waals surface area contributed by atoms with E-state index in [1.807, 2.05) is 0 Å². The van der Waals surface area contributed by atoms with E-state index in [-0.39, 0.29) is 42.1 Å². The number of anilines is 1. The van der Waals surface area contributed by atoms with E-state index in [4.69, 9.17) is 0 Å². The molecule has 11 nitrogen and oxygen atoms in total. The monoisotopic (exact) mass is 626 g/mol. The van der Waals surface area contributed by atoms with Crippen molar-refractivity contribution in [3.05, 3.63) is 50.4 Å². The van der Waals surface area contributed by atoms with Gasteiger partial charge in [0.25, 0.3) is 5.91 Å². The lowest BCUT2D eigenvalue weighted by molar-refractivity contribution is -0.137. The van der Waals surface area contributed by atoms with Gasteiger partial charge in [-0.05, 0) is 40.2 Å². The molecule has 0 aliphatic carbocycles. The third kappa shape index (κ3) is 7.67. The number of aromatic hydroxyl groups is 2. The van der Waals surface area contributed by atoms with E-state index >= 15 is 0 Å². The summed E-state index contributed by atoms with van der Waals surface area (Å²) in [4.78, 5) is 40.8. The number of nitrogens with zero attached hydrogens (tertiary/aromatic N) is 1. The Kier molecular flexibility index (Phi) is 9.29. The first-order valence-electron chi connectivity index (χ1n) is 10.8. The third-order valence-electron chi connectivity index (χ3n) is 5.25. The third-order valence-corrected chi connectivity index (χ3v) is 6.31.